The van der Waals surface area contributed by atoms with Gasteiger partial charge < -0.3 is 15.3 Å². The molecule has 3 aromatic rings. The molecular formula is C13H12N4O. The summed E-state index contributed by atoms with van der Waals surface area (Å²) in [7, 11) is 0. The van der Waals surface area contributed by atoms with Gasteiger partial charge in [0.25, 0.3) is 0 Å². The van der Waals surface area contributed by atoms with Crippen LogP contribution in [0.15, 0.2) is 47.5 Å². The molecule has 0 radical (unpaired) electrons. The fraction of sp³-hybridized carbons (Fsp3) is 0.0769. The van der Waals surface area contributed by atoms with Crippen LogP contribution in [0.2, 0.25) is 0 Å². The summed E-state index contributed by atoms with van der Waals surface area (Å²) >= 11 is 0. The summed E-state index contributed by atoms with van der Waals surface area (Å²) in [6, 6.07) is 9.65. The minimum Gasteiger partial charge on any atom is -0.381 e. The van der Waals surface area contributed by atoms with Crippen LogP contribution in [0.4, 0.5) is 5.69 Å². The van der Waals surface area contributed by atoms with Crippen molar-refractivity contribution in [3.63, 3.8) is 0 Å². The molecular weight excluding hydrogens is 228 g/mol. The van der Waals surface area contributed by atoms with Gasteiger partial charge in [-0.1, -0.05) is 0 Å². The molecule has 18 heavy (non-hydrogen) atoms. The van der Waals surface area contributed by atoms with Crippen LogP contribution in [0, 0.1) is 0 Å². The predicted octanol–water partition coefficient (Wildman–Crippen LogP) is 1.86. The largest absolute Gasteiger partial charge is 0.381 e. The van der Waals surface area contributed by atoms with Gasteiger partial charge in [0.1, 0.15) is 0 Å². The molecule has 1 aromatic carbocycles. The molecule has 5 heteroatoms. The van der Waals surface area contributed by atoms with Gasteiger partial charge in [0.15, 0.2) is 0 Å². The van der Waals surface area contributed by atoms with E-state index in [2.05, 4.69) is 20.3 Å². The highest BCUT2D eigenvalue weighted by molar-refractivity contribution is 5.78. The Bertz CT molecular complexity index is 714. The Morgan fingerprint density at radius 1 is 1.06 bits per heavy atom. The number of imidazole rings is 1. The molecule has 90 valence electrons. The number of fused-ring (bicyclic) bond motifs is 1. The number of nitrogens with zero attached hydrogens (tertiary/aromatic N) is 1. The monoisotopic (exact) mass is 240 g/mol. The van der Waals surface area contributed by atoms with Gasteiger partial charge in [-0.15, -0.1) is 0 Å². The lowest BCUT2D eigenvalue weighted by atomic mass is 10.2. The van der Waals surface area contributed by atoms with Gasteiger partial charge in [-0.25, -0.2) is 4.79 Å². The van der Waals surface area contributed by atoms with Crippen LogP contribution in [-0.4, -0.2) is 15.0 Å². The quantitative estimate of drug-likeness (QED) is 0.654. The minimum atomic E-state index is -0.184. The average Bonchev–Trinajstić information content (AvgIpc) is 2.77. The second kappa shape index (κ2) is 4.37. The summed E-state index contributed by atoms with van der Waals surface area (Å²) < 4.78 is 0. The van der Waals surface area contributed by atoms with E-state index in [-0.39, 0.29) is 5.69 Å². The standard InChI is InChI=1S/C13H12N4O/c18-13-16-11-2-1-10(7-12(11)17-13)15-8-9-3-5-14-6-4-9/h1-7,15H,8H2,(H2,16,17,18). The van der Waals surface area contributed by atoms with E-state index in [0.717, 1.165) is 28.8 Å². The molecule has 2 heterocycles. The zero-order valence-electron chi connectivity index (χ0n) is 9.60. The fourth-order valence-corrected chi connectivity index (χ4v) is 1.85. The van der Waals surface area contributed by atoms with Crippen molar-refractivity contribution >= 4 is 16.7 Å². The molecule has 0 unspecified atom stereocenters. The maximum absolute atomic E-state index is 11.1. The van der Waals surface area contributed by atoms with E-state index in [1.807, 2.05) is 30.3 Å². The van der Waals surface area contributed by atoms with E-state index >= 15 is 0 Å². The Hall–Kier alpha value is -2.56. The Balaban J connectivity index is 1.80. The number of H-pyrrole nitrogens is 2. The molecule has 0 spiro atoms. The summed E-state index contributed by atoms with van der Waals surface area (Å²) in [5.41, 5.74) is 3.56. The lowest BCUT2D eigenvalue weighted by Crippen LogP contribution is -1.99. The zero-order chi connectivity index (χ0) is 12.4. The molecule has 0 aliphatic rings. The van der Waals surface area contributed by atoms with Gasteiger partial charge in [-0.2, -0.15) is 0 Å². The summed E-state index contributed by atoms with van der Waals surface area (Å²) in [6.45, 7) is 0.725. The van der Waals surface area contributed by atoms with Crippen LogP contribution in [0.3, 0.4) is 0 Å². The van der Waals surface area contributed by atoms with Crippen LogP contribution in [0.1, 0.15) is 5.56 Å². The average molecular weight is 240 g/mol. The van der Waals surface area contributed by atoms with Crippen LogP contribution >= 0.6 is 0 Å². The number of aromatic amines is 2. The number of rotatable bonds is 3. The van der Waals surface area contributed by atoms with Gasteiger partial charge in [-0.05, 0) is 35.9 Å². The number of hydrogen-bond acceptors (Lipinski definition) is 3. The van der Waals surface area contributed by atoms with Crippen molar-refractivity contribution in [3.05, 3.63) is 58.8 Å². The van der Waals surface area contributed by atoms with Gasteiger partial charge in [0.2, 0.25) is 0 Å². The van der Waals surface area contributed by atoms with Gasteiger partial charge >= 0.3 is 5.69 Å². The molecule has 0 bridgehead atoms. The number of nitrogens with one attached hydrogen (secondary N) is 3. The number of anilines is 1. The molecule has 3 rings (SSSR count). The first-order valence-corrected chi connectivity index (χ1v) is 5.66. The SMILES string of the molecule is O=c1[nH]c2ccc(NCc3ccncc3)cc2[nH]1. The first kappa shape index (κ1) is 10.6. The van der Waals surface area contributed by atoms with Gasteiger partial charge in [0.05, 0.1) is 11.0 Å². The molecule has 0 saturated carbocycles. The van der Waals surface area contributed by atoms with Crippen LogP contribution in [0.5, 0.6) is 0 Å². The number of benzene rings is 1. The molecule has 0 fully saturated rings. The Labute approximate surface area is 103 Å². The third-order valence-corrected chi connectivity index (χ3v) is 2.76. The molecule has 0 aliphatic heterocycles. The maximum atomic E-state index is 11.1. The first-order valence-electron chi connectivity index (χ1n) is 5.66. The molecule has 5 nitrogen and oxygen atoms in total. The van der Waals surface area contributed by atoms with Crippen molar-refractivity contribution in [1.82, 2.24) is 15.0 Å². The maximum Gasteiger partial charge on any atom is 0.323 e. The highest BCUT2D eigenvalue weighted by Crippen LogP contribution is 2.15. The summed E-state index contributed by atoms with van der Waals surface area (Å²) in [4.78, 5) is 20.6. The summed E-state index contributed by atoms with van der Waals surface area (Å²) in [5.74, 6) is 0. The van der Waals surface area contributed by atoms with E-state index in [9.17, 15) is 4.79 Å². The second-order valence-electron chi connectivity index (χ2n) is 4.05. The molecule has 3 N–H and O–H groups in total. The van der Waals surface area contributed by atoms with Crippen molar-refractivity contribution in [2.24, 2.45) is 0 Å². The third-order valence-electron chi connectivity index (χ3n) is 2.76. The van der Waals surface area contributed by atoms with E-state index in [4.69, 9.17) is 0 Å². The number of pyridine rings is 1. The van der Waals surface area contributed by atoms with Crippen LogP contribution in [0.25, 0.3) is 11.0 Å². The summed E-state index contributed by atoms with van der Waals surface area (Å²) in [5, 5.41) is 3.30. The number of aromatic nitrogens is 3. The molecule has 2 aromatic heterocycles. The van der Waals surface area contributed by atoms with Crippen molar-refractivity contribution in [3.8, 4) is 0 Å². The molecule has 0 atom stereocenters. The smallest absolute Gasteiger partial charge is 0.323 e. The van der Waals surface area contributed by atoms with Gasteiger partial charge in [0, 0.05) is 24.6 Å². The highest BCUT2D eigenvalue weighted by atomic mass is 16.1. The Morgan fingerprint density at radius 2 is 1.83 bits per heavy atom. The van der Waals surface area contributed by atoms with E-state index < -0.39 is 0 Å². The molecule has 0 aliphatic carbocycles. The van der Waals surface area contributed by atoms with Crippen molar-refractivity contribution in [2.75, 3.05) is 5.32 Å². The topological polar surface area (TPSA) is 73.6 Å². The van der Waals surface area contributed by atoms with Gasteiger partial charge in [-0.3, -0.25) is 4.98 Å². The Kier molecular flexibility index (Phi) is 2.57. The van der Waals surface area contributed by atoms with E-state index in [0.29, 0.717) is 0 Å². The summed E-state index contributed by atoms with van der Waals surface area (Å²) in [6.07, 6.45) is 3.54. The number of hydrogen-bond donors (Lipinski definition) is 3. The molecule has 0 amide bonds. The normalized spacial score (nSPS) is 10.7. The van der Waals surface area contributed by atoms with Crippen molar-refractivity contribution in [1.29, 1.82) is 0 Å². The van der Waals surface area contributed by atoms with Crippen molar-refractivity contribution in [2.45, 2.75) is 6.54 Å². The zero-order valence-corrected chi connectivity index (χ0v) is 9.60. The lowest BCUT2D eigenvalue weighted by molar-refractivity contribution is 1.13. The molecule has 0 saturated heterocycles. The minimum absolute atomic E-state index is 0.184. The third kappa shape index (κ3) is 2.10. The second-order valence-corrected chi connectivity index (χ2v) is 4.05. The van der Waals surface area contributed by atoms with E-state index in [1.165, 1.54) is 0 Å². The van der Waals surface area contributed by atoms with E-state index in [1.54, 1.807) is 12.4 Å². The predicted molar refractivity (Wildman–Crippen MR) is 70.5 cm³/mol. The Morgan fingerprint density at radius 3 is 2.67 bits per heavy atom. The van der Waals surface area contributed by atoms with Crippen LogP contribution < -0.4 is 11.0 Å². The van der Waals surface area contributed by atoms with Crippen LogP contribution in [-0.2, 0) is 6.54 Å². The van der Waals surface area contributed by atoms with Crippen molar-refractivity contribution < 1.29 is 0 Å². The fourth-order valence-electron chi connectivity index (χ4n) is 1.85. The highest BCUT2D eigenvalue weighted by Gasteiger charge is 1.99. The first-order chi connectivity index (χ1) is 8.81. The lowest BCUT2D eigenvalue weighted by Gasteiger charge is -2.06.